The first kappa shape index (κ1) is 16.7. The van der Waals surface area contributed by atoms with Gasteiger partial charge in [-0.1, -0.05) is 5.16 Å². The molecule has 1 atom stereocenters. The number of aliphatic hydroxyl groups is 1. The molecule has 1 rings (SSSR count). The van der Waals surface area contributed by atoms with Gasteiger partial charge in [0.25, 0.3) is 0 Å². The highest BCUT2D eigenvalue weighted by atomic mass is 16.5. The van der Waals surface area contributed by atoms with E-state index in [0.29, 0.717) is 19.4 Å². The number of amides is 1. The number of nitrogens with zero attached hydrogens (tertiary/aromatic N) is 2. The number of rotatable bonds is 7. The first-order valence-electron chi connectivity index (χ1n) is 6.77. The Hall–Kier alpha value is -1.40. The van der Waals surface area contributed by atoms with Gasteiger partial charge in [-0.05, 0) is 41.3 Å². The van der Waals surface area contributed by atoms with E-state index >= 15 is 0 Å². The molecule has 0 spiro atoms. The molecule has 0 aromatic carbocycles. The van der Waals surface area contributed by atoms with Crippen LogP contribution in [-0.2, 0) is 11.2 Å². The van der Waals surface area contributed by atoms with E-state index in [9.17, 15) is 9.90 Å². The van der Waals surface area contributed by atoms with Crippen molar-refractivity contribution in [1.29, 1.82) is 0 Å². The molecule has 1 amide bonds. The van der Waals surface area contributed by atoms with E-state index in [2.05, 4.69) is 10.5 Å². The Labute approximate surface area is 120 Å². The Morgan fingerprint density at radius 3 is 2.60 bits per heavy atom. The average Bonchev–Trinajstić information content (AvgIpc) is 2.62. The number of aromatic nitrogens is 1. The SMILES string of the molecule is Cc1noc(C)c1CCC(=O)NCC(C)(O)CN(C)C. The van der Waals surface area contributed by atoms with Gasteiger partial charge in [-0.2, -0.15) is 0 Å². The fraction of sp³-hybridized carbons (Fsp3) is 0.714. The van der Waals surface area contributed by atoms with Crippen LogP contribution in [0.5, 0.6) is 0 Å². The van der Waals surface area contributed by atoms with E-state index in [1.165, 1.54) is 0 Å². The van der Waals surface area contributed by atoms with Gasteiger partial charge in [0, 0.05) is 25.1 Å². The van der Waals surface area contributed by atoms with Crippen LogP contribution in [0.15, 0.2) is 4.52 Å². The normalized spacial score (nSPS) is 14.3. The van der Waals surface area contributed by atoms with Crippen molar-refractivity contribution < 1.29 is 14.4 Å². The second-order valence-electron chi connectivity index (χ2n) is 5.81. The summed E-state index contributed by atoms with van der Waals surface area (Å²) in [6, 6.07) is 0. The molecule has 1 heterocycles. The molecule has 114 valence electrons. The fourth-order valence-electron chi connectivity index (χ4n) is 2.21. The molecule has 2 N–H and O–H groups in total. The molecule has 6 heteroatoms. The molecular weight excluding hydrogens is 258 g/mol. The van der Waals surface area contributed by atoms with Gasteiger partial charge in [-0.15, -0.1) is 0 Å². The summed E-state index contributed by atoms with van der Waals surface area (Å²) in [6.45, 7) is 6.16. The summed E-state index contributed by atoms with van der Waals surface area (Å²) in [7, 11) is 3.77. The number of hydrogen-bond acceptors (Lipinski definition) is 5. The third-order valence-corrected chi connectivity index (χ3v) is 3.11. The molecule has 0 saturated carbocycles. The number of hydrogen-bond donors (Lipinski definition) is 2. The summed E-state index contributed by atoms with van der Waals surface area (Å²) in [4.78, 5) is 13.7. The summed E-state index contributed by atoms with van der Waals surface area (Å²) in [5.41, 5.74) is 0.887. The summed E-state index contributed by atoms with van der Waals surface area (Å²) < 4.78 is 5.06. The van der Waals surface area contributed by atoms with Gasteiger partial charge in [0.2, 0.25) is 5.91 Å². The molecular formula is C14H25N3O3. The summed E-state index contributed by atoms with van der Waals surface area (Å²) in [5, 5.41) is 16.7. The van der Waals surface area contributed by atoms with Gasteiger partial charge in [-0.3, -0.25) is 4.79 Å². The molecule has 0 aliphatic heterocycles. The highest BCUT2D eigenvalue weighted by Gasteiger charge is 2.22. The van der Waals surface area contributed by atoms with Crippen molar-refractivity contribution in [3.63, 3.8) is 0 Å². The van der Waals surface area contributed by atoms with Crippen molar-refractivity contribution in [3.8, 4) is 0 Å². The maximum atomic E-state index is 11.8. The molecule has 0 aliphatic carbocycles. The van der Waals surface area contributed by atoms with E-state index < -0.39 is 5.60 Å². The molecule has 0 aliphatic rings. The molecule has 20 heavy (non-hydrogen) atoms. The van der Waals surface area contributed by atoms with Crippen LogP contribution >= 0.6 is 0 Å². The number of carbonyl (C=O) groups excluding carboxylic acids is 1. The fourth-order valence-corrected chi connectivity index (χ4v) is 2.21. The third-order valence-electron chi connectivity index (χ3n) is 3.11. The van der Waals surface area contributed by atoms with Crippen molar-refractivity contribution in [3.05, 3.63) is 17.0 Å². The minimum Gasteiger partial charge on any atom is -0.387 e. The summed E-state index contributed by atoms with van der Waals surface area (Å²) in [5.74, 6) is 0.680. The topological polar surface area (TPSA) is 78.6 Å². The molecule has 1 aromatic rings. The van der Waals surface area contributed by atoms with Crippen LogP contribution in [0.4, 0.5) is 0 Å². The quantitative estimate of drug-likeness (QED) is 0.768. The van der Waals surface area contributed by atoms with Crippen LogP contribution in [0.25, 0.3) is 0 Å². The zero-order chi connectivity index (χ0) is 15.3. The predicted molar refractivity (Wildman–Crippen MR) is 76.5 cm³/mol. The molecule has 1 unspecified atom stereocenters. The van der Waals surface area contributed by atoms with Crippen LogP contribution in [0.3, 0.4) is 0 Å². The number of aryl methyl sites for hydroxylation is 2. The van der Waals surface area contributed by atoms with Gasteiger partial charge < -0.3 is 19.8 Å². The lowest BCUT2D eigenvalue weighted by atomic mass is 10.1. The van der Waals surface area contributed by atoms with Gasteiger partial charge in [-0.25, -0.2) is 0 Å². The molecule has 0 bridgehead atoms. The van der Waals surface area contributed by atoms with Crippen LogP contribution in [0, 0.1) is 13.8 Å². The molecule has 0 radical (unpaired) electrons. The first-order chi connectivity index (χ1) is 9.21. The third kappa shape index (κ3) is 5.30. The van der Waals surface area contributed by atoms with E-state index in [1.807, 2.05) is 32.8 Å². The largest absolute Gasteiger partial charge is 0.387 e. The smallest absolute Gasteiger partial charge is 0.220 e. The Morgan fingerprint density at radius 2 is 2.10 bits per heavy atom. The van der Waals surface area contributed by atoms with Gasteiger partial charge >= 0.3 is 0 Å². The predicted octanol–water partition coefficient (Wildman–Crippen LogP) is 0.653. The molecule has 0 fully saturated rings. The van der Waals surface area contributed by atoms with Crippen molar-refractivity contribution in [1.82, 2.24) is 15.4 Å². The summed E-state index contributed by atoms with van der Waals surface area (Å²) in [6.07, 6.45) is 0.962. The Balaban J connectivity index is 2.38. The van der Waals surface area contributed by atoms with Crippen LogP contribution in [0.2, 0.25) is 0 Å². The Kier molecular flexibility index (Phi) is 5.71. The maximum absolute atomic E-state index is 11.8. The number of nitrogens with one attached hydrogen (secondary N) is 1. The zero-order valence-electron chi connectivity index (χ0n) is 13.0. The van der Waals surface area contributed by atoms with Crippen LogP contribution < -0.4 is 5.32 Å². The van der Waals surface area contributed by atoms with E-state index in [-0.39, 0.29) is 12.5 Å². The maximum Gasteiger partial charge on any atom is 0.220 e. The number of carbonyl (C=O) groups is 1. The second-order valence-corrected chi connectivity index (χ2v) is 5.81. The lowest BCUT2D eigenvalue weighted by molar-refractivity contribution is -0.122. The van der Waals surface area contributed by atoms with Crippen molar-refractivity contribution >= 4 is 5.91 Å². The monoisotopic (exact) mass is 283 g/mol. The van der Waals surface area contributed by atoms with Crippen molar-refractivity contribution in [2.75, 3.05) is 27.2 Å². The van der Waals surface area contributed by atoms with Crippen molar-refractivity contribution in [2.24, 2.45) is 0 Å². The minimum atomic E-state index is -0.928. The van der Waals surface area contributed by atoms with E-state index in [4.69, 9.17) is 4.52 Å². The Morgan fingerprint density at radius 1 is 1.45 bits per heavy atom. The number of likely N-dealkylation sites (N-methyl/N-ethyl adjacent to an activating group) is 1. The highest BCUT2D eigenvalue weighted by Crippen LogP contribution is 2.14. The second kappa shape index (κ2) is 6.85. The average molecular weight is 283 g/mol. The van der Waals surface area contributed by atoms with E-state index in [1.54, 1.807) is 6.92 Å². The Bertz CT molecular complexity index is 433. The summed E-state index contributed by atoms with van der Waals surface area (Å²) >= 11 is 0. The molecule has 0 saturated heterocycles. The van der Waals surface area contributed by atoms with Crippen molar-refractivity contribution in [2.45, 2.75) is 39.2 Å². The minimum absolute atomic E-state index is 0.0796. The standard InChI is InChI=1S/C14H25N3O3/c1-10-12(11(2)20-16-10)6-7-13(18)15-8-14(3,19)9-17(4)5/h19H,6-9H2,1-5H3,(H,15,18). The van der Waals surface area contributed by atoms with Gasteiger partial charge in [0.1, 0.15) is 5.76 Å². The van der Waals surface area contributed by atoms with Crippen LogP contribution in [0.1, 0.15) is 30.4 Å². The highest BCUT2D eigenvalue weighted by molar-refractivity contribution is 5.76. The lowest BCUT2D eigenvalue weighted by Gasteiger charge is -2.27. The molecule has 6 nitrogen and oxygen atoms in total. The lowest BCUT2D eigenvalue weighted by Crippen LogP contribution is -2.47. The van der Waals surface area contributed by atoms with Crippen LogP contribution in [-0.4, -0.2) is 53.9 Å². The van der Waals surface area contributed by atoms with Gasteiger partial charge in [0.15, 0.2) is 0 Å². The van der Waals surface area contributed by atoms with Gasteiger partial charge in [0.05, 0.1) is 11.3 Å². The zero-order valence-corrected chi connectivity index (χ0v) is 13.0. The first-order valence-corrected chi connectivity index (χ1v) is 6.77. The molecule has 1 aromatic heterocycles. The van der Waals surface area contributed by atoms with E-state index in [0.717, 1.165) is 17.0 Å².